The van der Waals surface area contributed by atoms with Crippen LogP contribution in [0, 0.1) is 0 Å². The summed E-state index contributed by atoms with van der Waals surface area (Å²) in [6, 6.07) is 5.97. The molecule has 0 bridgehead atoms. The Hall–Kier alpha value is -1.05. The van der Waals surface area contributed by atoms with Gasteiger partial charge in [0, 0.05) is 5.69 Å². The molecule has 7 heteroatoms. The molecule has 1 amide bonds. The summed E-state index contributed by atoms with van der Waals surface area (Å²) < 4.78 is 22.1. The molecule has 1 fully saturated rings. The maximum atomic E-state index is 12.2. The standard InChI is InChI=1S/C12H16N2O3S2/c1-12(6-3-7-18-12)11(15)14-9-4-2-5-10(8-9)19(13,16)17/h2,4-5,8H,3,6-7H2,1H3,(H,14,15)(H2,13,16,17). The van der Waals surface area contributed by atoms with Gasteiger partial charge < -0.3 is 5.32 Å². The Morgan fingerprint density at radius 3 is 2.79 bits per heavy atom. The van der Waals surface area contributed by atoms with Gasteiger partial charge in [-0.3, -0.25) is 4.79 Å². The molecule has 0 spiro atoms. The predicted molar refractivity (Wildman–Crippen MR) is 76.5 cm³/mol. The van der Waals surface area contributed by atoms with Crippen LogP contribution in [-0.2, 0) is 14.8 Å². The number of nitrogens with one attached hydrogen (secondary N) is 1. The van der Waals surface area contributed by atoms with Gasteiger partial charge in [0.2, 0.25) is 15.9 Å². The summed E-state index contributed by atoms with van der Waals surface area (Å²) in [7, 11) is -3.75. The van der Waals surface area contributed by atoms with Gasteiger partial charge in [-0.1, -0.05) is 6.07 Å². The molecule has 1 aliphatic heterocycles. The molecule has 0 saturated carbocycles. The fourth-order valence-corrected chi connectivity index (χ4v) is 3.74. The Kier molecular flexibility index (Phi) is 3.89. The summed E-state index contributed by atoms with van der Waals surface area (Å²) >= 11 is 1.63. The Balaban J connectivity index is 2.18. The van der Waals surface area contributed by atoms with E-state index in [0.29, 0.717) is 5.69 Å². The molecule has 19 heavy (non-hydrogen) atoms. The van der Waals surface area contributed by atoms with E-state index in [1.807, 2.05) is 6.92 Å². The first kappa shape index (κ1) is 14.4. The number of hydrogen-bond acceptors (Lipinski definition) is 4. The third-order valence-electron chi connectivity index (χ3n) is 3.12. The lowest BCUT2D eigenvalue weighted by Gasteiger charge is -2.21. The monoisotopic (exact) mass is 300 g/mol. The highest BCUT2D eigenvalue weighted by Gasteiger charge is 2.37. The largest absolute Gasteiger partial charge is 0.325 e. The maximum Gasteiger partial charge on any atom is 0.240 e. The quantitative estimate of drug-likeness (QED) is 0.886. The number of thioether (sulfide) groups is 1. The van der Waals surface area contributed by atoms with Crippen LogP contribution in [0.15, 0.2) is 29.2 Å². The normalized spacial score (nSPS) is 23.3. The van der Waals surface area contributed by atoms with E-state index in [9.17, 15) is 13.2 Å². The van der Waals surface area contributed by atoms with Crippen LogP contribution in [0.5, 0.6) is 0 Å². The molecular formula is C12H16N2O3S2. The minimum atomic E-state index is -3.75. The van der Waals surface area contributed by atoms with E-state index in [-0.39, 0.29) is 10.8 Å². The average molecular weight is 300 g/mol. The number of benzene rings is 1. The Morgan fingerprint density at radius 1 is 1.47 bits per heavy atom. The summed E-state index contributed by atoms with van der Waals surface area (Å²) in [5, 5.41) is 7.82. The maximum absolute atomic E-state index is 12.2. The molecule has 104 valence electrons. The summed E-state index contributed by atoms with van der Waals surface area (Å²) in [5.74, 6) is 0.878. The van der Waals surface area contributed by atoms with Crippen molar-refractivity contribution >= 4 is 33.4 Å². The smallest absolute Gasteiger partial charge is 0.240 e. The van der Waals surface area contributed by atoms with Crippen LogP contribution in [0.25, 0.3) is 0 Å². The average Bonchev–Trinajstić information content (AvgIpc) is 2.77. The van der Waals surface area contributed by atoms with E-state index in [0.717, 1.165) is 18.6 Å². The van der Waals surface area contributed by atoms with Crippen LogP contribution in [-0.4, -0.2) is 24.8 Å². The minimum Gasteiger partial charge on any atom is -0.325 e. The molecule has 1 saturated heterocycles. The lowest BCUT2D eigenvalue weighted by atomic mass is 10.0. The highest BCUT2D eigenvalue weighted by Crippen LogP contribution is 2.38. The van der Waals surface area contributed by atoms with Crippen LogP contribution >= 0.6 is 11.8 Å². The van der Waals surface area contributed by atoms with Gasteiger partial charge in [-0.05, 0) is 43.7 Å². The van der Waals surface area contributed by atoms with Crippen molar-refractivity contribution in [2.75, 3.05) is 11.1 Å². The van der Waals surface area contributed by atoms with Crippen molar-refractivity contribution in [2.45, 2.75) is 29.4 Å². The number of carbonyl (C=O) groups excluding carboxylic acids is 1. The number of amides is 1. The first-order valence-corrected chi connectivity index (χ1v) is 8.43. The van der Waals surface area contributed by atoms with Gasteiger partial charge in [-0.25, -0.2) is 13.6 Å². The second-order valence-corrected chi connectivity index (χ2v) is 7.87. The van der Waals surface area contributed by atoms with Crippen LogP contribution < -0.4 is 10.5 Å². The second kappa shape index (κ2) is 5.15. The molecule has 1 aromatic rings. The molecule has 0 radical (unpaired) electrons. The van der Waals surface area contributed by atoms with Gasteiger partial charge in [-0.15, -0.1) is 11.8 Å². The minimum absolute atomic E-state index is 0.00507. The van der Waals surface area contributed by atoms with E-state index in [1.165, 1.54) is 12.1 Å². The highest BCUT2D eigenvalue weighted by atomic mass is 32.2. The Labute approximate surface area is 117 Å². The zero-order valence-corrected chi connectivity index (χ0v) is 12.2. The molecular weight excluding hydrogens is 284 g/mol. The van der Waals surface area contributed by atoms with Gasteiger partial charge in [0.15, 0.2) is 0 Å². The third kappa shape index (κ3) is 3.29. The van der Waals surface area contributed by atoms with Gasteiger partial charge in [-0.2, -0.15) is 0 Å². The lowest BCUT2D eigenvalue weighted by Crippen LogP contribution is -2.34. The van der Waals surface area contributed by atoms with Crippen LogP contribution in [0.2, 0.25) is 0 Å². The molecule has 1 atom stereocenters. The van der Waals surface area contributed by atoms with Crippen molar-refractivity contribution in [1.82, 2.24) is 0 Å². The fraction of sp³-hybridized carbons (Fsp3) is 0.417. The van der Waals surface area contributed by atoms with E-state index < -0.39 is 14.8 Å². The summed E-state index contributed by atoms with van der Waals surface area (Å²) in [5.41, 5.74) is 0.449. The molecule has 3 N–H and O–H groups in total. The zero-order valence-electron chi connectivity index (χ0n) is 10.5. The number of sulfonamides is 1. The molecule has 2 rings (SSSR count). The van der Waals surface area contributed by atoms with E-state index in [4.69, 9.17) is 5.14 Å². The third-order valence-corrected chi connectivity index (χ3v) is 5.55. The molecule has 0 aliphatic carbocycles. The number of rotatable bonds is 3. The van der Waals surface area contributed by atoms with Gasteiger partial charge in [0.05, 0.1) is 9.64 Å². The first-order valence-electron chi connectivity index (χ1n) is 5.90. The topological polar surface area (TPSA) is 89.3 Å². The van der Waals surface area contributed by atoms with Crippen LogP contribution in [0.4, 0.5) is 5.69 Å². The van der Waals surface area contributed by atoms with Crippen LogP contribution in [0.1, 0.15) is 19.8 Å². The first-order chi connectivity index (χ1) is 8.81. The summed E-state index contributed by atoms with van der Waals surface area (Å²) in [6.07, 6.45) is 1.85. The highest BCUT2D eigenvalue weighted by molar-refractivity contribution is 8.01. The number of primary sulfonamides is 1. The van der Waals surface area contributed by atoms with Crippen molar-refractivity contribution in [2.24, 2.45) is 5.14 Å². The molecule has 1 unspecified atom stereocenters. The molecule has 1 aromatic carbocycles. The van der Waals surface area contributed by atoms with E-state index in [1.54, 1.807) is 23.9 Å². The zero-order chi connectivity index (χ0) is 14.1. The Bertz CT molecular complexity index is 593. The van der Waals surface area contributed by atoms with Gasteiger partial charge in [0.1, 0.15) is 0 Å². The number of anilines is 1. The molecule has 1 heterocycles. The van der Waals surface area contributed by atoms with Gasteiger partial charge >= 0.3 is 0 Å². The Morgan fingerprint density at radius 2 is 2.21 bits per heavy atom. The van der Waals surface area contributed by atoms with E-state index >= 15 is 0 Å². The van der Waals surface area contributed by atoms with Crippen molar-refractivity contribution in [1.29, 1.82) is 0 Å². The van der Waals surface area contributed by atoms with E-state index in [2.05, 4.69) is 5.32 Å². The van der Waals surface area contributed by atoms with Crippen molar-refractivity contribution < 1.29 is 13.2 Å². The predicted octanol–water partition coefficient (Wildman–Crippen LogP) is 1.56. The second-order valence-electron chi connectivity index (χ2n) is 4.71. The summed E-state index contributed by atoms with van der Waals surface area (Å²) in [4.78, 5) is 12.2. The molecule has 0 aromatic heterocycles. The fourth-order valence-electron chi connectivity index (χ4n) is 1.97. The number of carbonyl (C=O) groups is 1. The van der Waals surface area contributed by atoms with Gasteiger partial charge in [0.25, 0.3) is 0 Å². The molecule has 5 nitrogen and oxygen atoms in total. The number of nitrogens with two attached hydrogens (primary N) is 1. The van der Waals surface area contributed by atoms with Crippen LogP contribution in [0.3, 0.4) is 0 Å². The molecule has 1 aliphatic rings. The number of hydrogen-bond donors (Lipinski definition) is 2. The van der Waals surface area contributed by atoms with Crippen molar-refractivity contribution in [3.8, 4) is 0 Å². The summed E-state index contributed by atoms with van der Waals surface area (Å²) in [6.45, 7) is 1.91. The SMILES string of the molecule is CC1(C(=O)Nc2cccc(S(N)(=O)=O)c2)CCCS1. The lowest BCUT2D eigenvalue weighted by molar-refractivity contribution is -0.118. The van der Waals surface area contributed by atoms with Crippen molar-refractivity contribution in [3.05, 3.63) is 24.3 Å². The van der Waals surface area contributed by atoms with Crippen molar-refractivity contribution in [3.63, 3.8) is 0 Å².